The summed E-state index contributed by atoms with van der Waals surface area (Å²) in [5.41, 5.74) is 0. The van der Waals surface area contributed by atoms with Gasteiger partial charge in [-0.2, -0.15) is 0 Å². The van der Waals surface area contributed by atoms with Gasteiger partial charge in [0.15, 0.2) is 8.32 Å². The van der Waals surface area contributed by atoms with Crippen LogP contribution in [-0.2, 0) is 4.43 Å². The van der Waals surface area contributed by atoms with Gasteiger partial charge >= 0.3 is 0 Å². The molecule has 1 saturated carbocycles. The van der Waals surface area contributed by atoms with Crippen molar-refractivity contribution >= 4 is 8.32 Å². The van der Waals surface area contributed by atoms with Crippen molar-refractivity contribution in [1.29, 1.82) is 0 Å². The monoisotopic (exact) mass is 284 g/mol. The third-order valence-electron chi connectivity index (χ3n) is 5.21. The first-order valence-corrected chi connectivity index (χ1v) is 11.4. The molecule has 0 aromatic heterocycles. The average Bonchev–Trinajstić information content (AvgIpc) is 2.32. The summed E-state index contributed by atoms with van der Waals surface area (Å²) in [6.07, 6.45) is 12.9. The van der Waals surface area contributed by atoms with E-state index in [4.69, 9.17) is 4.43 Å². The molecule has 1 aliphatic rings. The molecule has 0 aromatic carbocycles. The summed E-state index contributed by atoms with van der Waals surface area (Å²) in [5.74, 6) is 0.826. The Labute approximate surface area is 122 Å². The van der Waals surface area contributed by atoms with E-state index in [-0.39, 0.29) is 0 Å². The van der Waals surface area contributed by atoms with Crippen molar-refractivity contribution < 1.29 is 4.43 Å². The van der Waals surface area contributed by atoms with Crippen LogP contribution >= 0.6 is 0 Å². The summed E-state index contributed by atoms with van der Waals surface area (Å²) in [6.45, 7) is 12.8. The van der Waals surface area contributed by atoms with Crippen molar-refractivity contribution in [3.63, 3.8) is 0 Å². The fraction of sp³-hybridized carbons (Fsp3) is 1.00. The van der Waals surface area contributed by atoms with E-state index in [0.717, 1.165) is 12.5 Å². The predicted molar refractivity (Wildman–Crippen MR) is 88.2 cm³/mol. The molecule has 0 aromatic rings. The molecule has 1 fully saturated rings. The van der Waals surface area contributed by atoms with Crippen LogP contribution in [0.1, 0.15) is 78.6 Å². The number of hydrogen-bond donors (Lipinski definition) is 0. The van der Waals surface area contributed by atoms with Gasteiger partial charge in [0.2, 0.25) is 0 Å². The molecule has 2 heteroatoms. The lowest BCUT2D eigenvalue weighted by atomic mass is 9.93. The van der Waals surface area contributed by atoms with Gasteiger partial charge in [-0.05, 0) is 36.9 Å². The van der Waals surface area contributed by atoms with E-state index >= 15 is 0 Å². The topological polar surface area (TPSA) is 9.23 Å². The van der Waals surface area contributed by atoms with Crippen molar-refractivity contribution in [1.82, 2.24) is 0 Å². The molecule has 0 heterocycles. The van der Waals surface area contributed by atoms with Crippen molar-refractivity contribution in [3.8, 4) is 0 Å². The zero-order valence-electron chi connectivity index (χ0n) is 14.1. The minimum atomic E-state index is -1.54. The Balaban J connectivity index is 2.40. The van der Waals surface area contributed by atoms with Crippen LogP contribution in [0.5, 0.6) is 0 Å². The van der Waals surface area contributed by atoms with Crippen molar-refractivity contribution in [2.24, 2.45) is 5.92 Å². The molecule has 1 aliphatic carbocycles. The van der Waals surface area contributed by atoms with Gasteiger partial charge in [0.05, 0.1) is 0 Å². The Kier molecular flexibility index (Phi) is 7.10. The lowest BCUT2D eigenvalue weighted by Crippen LogP contribution is -2.42. The fourth-order valence-corrected chi connectivity index (χ4v) is 3.69. The maximum absolute atomic E-state index is 6.44. The minimum Gasteiger partial charge on any atom is -0.417 e. The second kappa shape index (κ2) is 7.83. The fourth-order valence-electron chi connectivity index (χ4n) is 2.60. The molecule has 1 rings (SSSR count). The Morgan fingerprint density at radius 1 is 0.842 bits per heavy atom. The zero-order chi connectivity index (χ0) is 14.4. The molecule has 114 valence electrons. The molecule has 0 radical (unpaired) electrons. The smallest absolute Gasteiger partial charge is 0.191 e. The standard InChI is InChI=1S/C17H36OSi/c1-17(2,3)19(4,5)18-15-16-13-11-9-7-6-8-10-12-14-16/h16H,6-15H2,1-5H3. The molecule has 0 saturated heterocycles. The van der Waals surface area contributed by atoms with E-state index < -0.39 is 8.32 Å². The van der Waals surface area contributed by atoms with Crippen LogP contribution in [0.3, 0.4) is 0 Å². The quantitative estimate of drug-likeness (QED) is 0.565. The molecule has 0 spiro atoms. The Bertz CT molecular complexity index is 232. The highest BCUT2D eigenvalue weighted by Gasteiger charge is 2.37. The Hall–Kier alpha value is 0.177. The van der Waals surface area contributed by atoms with Gasteiger partial charge in [0.1, 0.15) is 0 Å². The second-order valence-corrected chi connectivity index (χ2v) is 12.8. The van der Waals surface area contributed by atoms with E-state index in [1.165, 1.54) is 57.8 Å². The molecule has 0 unspecified atom stereocenters. The van der Waals surface area contributed by atoms with Gasteiger partial charge in [-0.25, -0.2) is 0 Å². The first-order valence-electron chi connectivity index (χ1n) is 8.47. The van der Waals surface area contributed by atoms with E-state index in [1.807, 2.05) is 0 Å². The molecule has 0 bridgehead atoms. The molecular weight excluding hydrogens is 248 g/mol. The van der Waals surface area contributed by atoms with Crippen LogP contribution in [0.15, 0.2) is 0 Å². The van der Waals surface area contributed by atoms with Crippen molar-refractivity contribution in [2.45, 2.75) is 96.7 Å². The van der Waals surface area contributed by atoms with E-state index in [1.54, 1.807) is 0 Å². The second-order valence-electron chi connectivity index (χ2n) is 7.99. The Morgan fingerprint density at radius 2 is 1.26 bits per heavy atom. The summed E-state index contributed by atoms with van der Waals surface area (Å²) >= 11 is 0. The first kappa shape index (κ1) is 17.2. The van der Waals surface area contributed by atoms with Gasteiger partial charge in [0, 0.05) is 6.61 Å². The van der Waals surface area contributed by atoms with E-state index in [9.17, 15) is 0 Å². The van der Waals surface area contributed by atoms with Gasteiger partial charge in [0.25, 0.3) is 0 Å². The molecule has 0 amide bonds. The average molecular weight is 285 g/mol. The lowest BCUT2D eigenvalue weighted by molar-refractivity contribution is 0.205. The van der Waals surface area contributed by atoms with Gasteiger partial charge in [-0.1, -0.05) is 65.7 Å². The SMILES string of the molecule is CC(C)(C)[Si](C)(C)OCC1CCCCCCCCC1. The third-order valence-corrected chi connectivity index (χ3v) is 9.71. The highest BCUT2D eigenvalue weighted by Crippen LogP contribution is 2.37. The highest BCUT2D eigenvalue weighted by atomic mass is 28.4. The van der Waals surface area contributed by atoms with Crippen LogP contribution in [-0.4, -0.2) is 14.9 Å². The van der Waals surface area contributed by atoms with Crippen LogP contribution in [0.25, 0.3) is 0 Å². The van der Waals surface area contributed by atoms with Gasteiger partial charge in [-0.3, -0.25) is 0 Å². The molecule has 19 heavy (non-hydrogen) atoms. The predicted octanol–water partition coefficient (Wildman–Crippen LogP) is 6.15. The summed E-state index contributed by atoms with van der Waals surface area (Å²) in [7, 11) is -1.54. The normalized spacial score (nSPS) is 21.3. The number of rotatable bonds is 3. The molecule has 0 N–H and O–H groups in total. The summed E-state index contributed by atoms with van der Waals surface area (Å²) < 4.78 is 6.44. The van der Waals surface area contributed by atoms with Crippen molar-refractivity contribution in [2.75, 3.05) is 6.61 Å². The van der Waals surface area contributed by atoms with Gasteiger partial charge < -0.3 is 4.43 Å². The van der Waals surface area contributed by atoms with Crippen LogP contribution in [0, 0.1) is 5.92 Å². The van der Waals surface area contributed by atoms with Crippen LogP contribution in [0.4, 0.5) is 0 Å². The molecule has 1 nitrogen and oxygen atoms in total. The highest BCUT2D eigenvalue weighted by molar-refractivity contribution is 6.74. The lowest BCUT2D eigenvalue weighted by Gasteiger charge is -2.37. The maximum atomic E-state index is 6.44. The molecular formula is C17H36OSi. The van der Waals surface area contributed by atoms with Crippen molar-refractivity contribution in [3.05, 3.63) is 0 Å². The summed E-state index contributed by atoms with van der Waals surface area (Å²) in [6, 6.07) is 0. The summed E-state index contributed by atoms with van der Waals surface area (Å²) in [5, 5.41) is 0.350. The number of hydrogen-bond acceptors (Lipinski definition) is 1. The summed E-state index contributed by atoms with van der Waals surface area (Å²) in [4.78, 5) is 0. The third kappa shape index (κ3) is 6.44. The molecule has 0 atom stereocenters. The minimum absolute atomic E-state index is 0.350. The zero-order valence-corrected chi connectivity index (χ0v) is 15.1. The first-order chi connectivity index (χ1) is 8.83. The molecule has 0 aliphatic heterocycles. The van der Waals surface area contributed by atoms with E-state index in [2.05, 4.69) is 33.9 Å². The Morgan fingerprint density at radius 3 is 1.68 bits per heavy atom. The van der Waals surface area contributed by atoms with Crippen LogP contribution in [0.2, 0.25) is 18.1 Å². The largest absolute Gasteiger partial charge is 0.417 e. The maximum Gasteiger partial charge on any atom is 0.191 e. The van der Waals surface area contributed by atoms with Gasteiger partial charge in [-0.15, -0.1) is 0 Å². The van der Waals surface area contributed by atoms with E-state index in [0.29, 0.717) is 5.04 Å². The van der Waals surface area contributed by atoms with Crippen LogP contribution < -0.4 is 0 Å².